The third-order valence-corrected chi connectivity index (χ3v) is 6.23. The fourth-order valence-electron chi connectivity index (χ4n) is 4.00. The van der Waals surface area contributed by atoms with Crippen LogP contribution in [0.4, 0.5) is 0 Å². The van der Waals surface area contributed by atoms with E-state index in [1.165, 1.54) is 37.2 Å². The largest absolute Gasteiger partial charge is 0.357 e. The third-order valence-electron chi connectivity index (χ3n) is 5.37. The standard InChI is InChI=1S/C20H34N4S.HI/c1-4-21-19(24-11-9-20(2,3)16-24)22-13-17-7-5-10-23(14-17)15-18-8-6-12-25-18;/h6,8,12,17H,4-5,7,9-11,13-16H2,1-3H3,(H,21,22);1H. The number of thiophene rings is 1. The number of piperidine rings is 1. The highest BCUT2D eigenvalue weighted by molar-refractivity contribution is 14.0. The van der Waals surface area contributed by atoms with Gasteiger partial charge >= 0.3 is 0 Å². The van der Waals surface area contributed by atoms with Crippen LogP contribution in [0, 0.1) is 11.3 Å². The number of nitrogens with zero attached hydrogens (tertiary/aromatic N) is 3. The van der Waals surface area contributed by atoms with Crippen LogP contribution in [0.3, 0.4) is 0 Å². The Labute approximate surface area is 180 Å². The van der Waals surface area contributed by atoms with Gasteiger partial charge < -0.3 is 10.2 Å². The second kappa shape index (κ2) is 10.3. The highest BCUT2D eigenvalue weighted by atomic mass is 127. The van der Waals surface area contributed by atoms with Gasteiger partial charge in [-0.1, -0.05) is 19.9 Å². The third kappa shape index (κ3) is 6.37. The summed E-state index contributed by atoms with van der Waals surface area (Å²) < 4.78 is 0. The summed E-state index contributed by atoms with van der Waals surface area (Å²) in [6, 6.07) is 4.41. The summed E-state index contributed by atoms with van der Waals surface area (Å²) in [5.41, 5.74) is 0.415. The molecule has 3 heterocycles. The topological polar surface area (TPSA) is 30.9 Å². The quantitative estimate of drug-likeness (QED) is 0.380. The molecular weight excluding hydrogens is 455 g/mol. The molecule has 2 fully saturated rings. The first kappa shape index (κ1) is 22.0. The molecule has 4 nitrogen and oxygen atoms in total. The first-order valence-corrected chi connectivity index (χ1v) is 10.7. The number of guanidine groups is 1. The van der Waals surface area contributed by atoms with Crippen molar-refractivity contribution >= 4 is 41.3 Å². The van der Waals surface area contributed by atoms with E-state index in [1.807, 2.05) is 11.3 Å². The lowest BCUT2D eigenvalue weighted by atomic mass is 9.93. The van der Waals surface area contributed by atoms with Crippen LogP contribution in [0.15, 0.2) is 22.5 Å². The molecule has 1 atom stereocenters. The zero-order valence-corrected chi connectivity index (χ0v) is 19.7. The van der Waals surface area contributed by atoms with E-state index in [9.17, 15) is 0 Å². The average Bonchev–Trinajstić information content (AvgIpc) is 3.21. The van der Waals surface area contributed by atoms with E-state index < -0.39 is 0 Å². The highest BCUT2D eigenvalue weighted by Gasteiger charge is 2.31. The molecule has 148 valence electrons. The second-order valence-electron chi connectivity index (χ2n) is 8.35. The van der Waals surface area contributed by atoms with E-state index in [0.29, 0.717) is 11.3 Å². The van der Waals surface area contributed by atoms with E-state index in [2.05, 4.69) is 53.4 Å². The second-order valence-corrected chi connectivity index (χ2v) is 9.39. The normalized spacial score (nSPS) is 23.7. The maximum Gasteiger partial charge on any atom is 0.193 e. The fourth-order valence-corrected chi connectivity index (χ4v) is 4.75. The van der Waals surface area contributed by atoms with Crippen LogP contribution in [-0.4, -0.2) is 55.0 Å². The van der Waals surface area contributed by atoms with Crippen molar-refractivity contribution in [2.75, 3.05) is 39.3 Å². The van der Waals surface area contributed by atoms with E-state index >= 15 is 0 Å². The van der Waals surface area contributed by atoms with Crippen molar-refractivity contribution in [3.63, 3.8) is 0 Å². The zero-order valence-electron chi connectivity index (χ0n) is 16.5. The highest BCUT2D eigenvalue weighted by Crippen LogP contribution is 2.29. The summed E-state index contributed by atoms with van der Waals surface area (Å²) in [5, 5.41) is 5.70. The number of likely N-dealkylation sites (tertiary alicyclic amines) is 2. The molecule has 3 rings (SSSR count). The van der Waals surface area contributed by atoms with Gasteiger partial charge in [0.1, 0.15) is 0 Å². The van der Waals surface area contributed by atoms with Gasteiger partial charge in [0.2, 0.25) is 0 Å². The number of hydrogen-bond donors (Lipinski definition) is 1. The molecule has 6 heteroatoms. The Morgan fingerprint density at radius 3 is 2.88 bits per heavy atom. The van der Waals surface area contributed by atoms with E-state index in [4.69, 9.17) is 4.99 Å². The summed E-state index contributed by atoms with van der Waals surface area (Å²) >= 11 is 1.87. The molecule has 1 N–H and O–H groups in total. The molecule has 0 amide bonds. The lowest BCUT2D eigenvalue weighted by molar-refractivity contribution is 0.172. The lowest BCUT2D eigenvalue weighted by Gasteiger charge is -2.32. The number of rotatable bonds is 5. The lowest BCUT2D eigenvalue weighted by Crippen LogP contribution is -2.42. The Hall–Kier alpha value is -0.340. The number of halogens is 1. The smallest absolute Gasteiger partial charge is 0.193 e. The molecule has 2 aliphatic heterocycles. The van der Waals surface area contributed by atoms with Crippen molar-refractivity contribution < 1.29 is 0 Å². The van der Waals surface area contributed by atoms with Crippen LogP contribution in [0.1, 0.15) is 44.9 Å². The van der Waals surface area contributed by atoms with E-state index in [-0.39, 0.29) is 24.0 Å². The van der Waals surface area contributed by atoms with Gasteiger partial charge in [-0.25, -0.2) is 0 Å². The molecule has 1 aromatic rings. The number of nitrogens with one attached hydrogen (secondary N) is 1. The van der Waals surface area contributed by atoms with Crippen molar-refractivity contribution in [2.24, 2.45) is 16.3 Å². The Morgan fingerprint density at radius 1 is 1.38 bits per heavy atom. The zero-order chi connectivity index (χ0) is 17.7. The minimum absolute atomic E-state index is 0. The average molecular weight is 490 g/mol. The first-order chi connectivity index (χ1) is 12.1. The molecule has 0 spiro atoms. The van der Waals surface area contributed by atoms with Gasteiger partial charge in [-0.2, -0.15) is 0 Å². The SMILES string of the molecule is CCNC(=NCC1CCCN(Cc2cccs2)C1)N1CCC(C)(C)C1.I. The van der Waals surface area contributed by atoms with Crippen molar-refractivity contribution in [2.45, 2.75) is 46.6 Å². The van der Waals surface area contributed by atoms with Crippen LogP contribution in [0.25, 0.3) is 0 Å². The summed E-state index contributed by atoms with van der Waals surface area (Å²) in [6.07, 6.45) is 3.88. The molecule has 0 saturated carbocycles. The molecule has 2 saturated heterocycles. The molecule has 0 radical (unpaired) electrons. The molecule has 2 aliphatic rings. The monoisotopic (exact) mass is 490 g/mol. The minimum Gasteiger partial charge on any atom is -0.357 e. The molecule has 0 aliphatic carbocycles. The van der Waals surface area contributed by atoms with E-state index in [0.717, 1.165) is 38.7 Å². The van der Waals surface area contributed by atoms with Gasteiger partial charge in [0.25, 0.3) is 0 Å². The molecule has 1 aromatic heterocycles. The Kier molecular flexibility index (Phi) is 8.67. The summed E-state index contributed by atoms with van der Waals surface area (Å²) in [4.78, 5) is 11.6. The number of aliphatic imine (C=N–C) groups is 1. The Bertz CT molecular complexity index is 558. The van der Waals surface area contributed by atoms with Gasteiger partial charge in [0.05, 0.1) is 0 Å². The van der Waals surface area contributed by atoms with Crippen molar-refractivity contribution in [3.8, 4) is 0 Å². The van der Waals surface area contributed by atoms with E-state index in [1.54, 1.807) is 0 Å². The molecule has 1 unspecified atom stereocenters. The first-order valence-electron chi connectivity index (χ1n) is 9.84. The molecule has 0 bridgehead atoms. The fraction of sp³-hybridized carbons (Fsp3) is 0.750. The van der Waals surface area contributed by atoms with Gasteiger partial charge in [0, 0.05) is 44.1 Å². The van der Waals surface area contributed by atoms with Crippen molar-refractivity contribution in [1.29, 1.82) is 0 Å². The minimum atomic E-state index is 0. The molecule has 26 heavy (non-hydrogen) atoms. The molecule has 0 aromatic carbocycles. The van der Waals surface area contributed by atoms with Gasteiger partial charge in [-0.05, 0) is 55.5 Å². The van der Waals surface area contributed by atoms with Gasteiger partial charge in [0.15, 0.2) is 5.96 Å². The number of hydrogen-bond acceptors (Lipinski definition) is 3. The van der Waals surface area contributed by atoms with Crippen LogP contribution in [0.5, 0.6) is 0 Å². The van der Waals surface area contributed by atoms with Gasteiger partial charge in [-0.3, -0.25) is 9.89 Å². The van der Waals surface area contributed by atoms with Gasteiger partial charge in [-0.15, -0.1) is 35.3 Å². The summed E-state index contributed by atoms with van der Waals surface area (Å²) in [5.74, 6) is 1.82. The summed E-state index contributed by atoms with van der Waals surface area (Å²) in [7, 11) is 0. The molecular formula is C20H35IN4S. The maximum absolute atomic E-state index is 5.02. The van der Waals surface area contributed by atoms with Crippen molar-refractivity contribution in [1.82, 2.24) is 15.1 Å². The predicted octanol–water partition coefficient (Wildman–Crippen LogP) is 4.28. The van der Waals surface area contributed by atoms with Crippen LogP contribution in [0.2, 0.25) is 0 Å². The van der Waals surface area contributed by atoms with Crippen LogP contribution >= 0.6 is 35.3 Å². The Balaban J connectivity index is 0.00000243. The summed E-state index contributed by atoms with van der Waals surface area (Å²) in [6.45, 7) is 14.6. The maximum atomic E-state index is 5.02. The van der Waals surface area contributed by atoms with Crippen LogP contribution in [-0.2, 0) is 6.54 Å². The van der Waals surface area contributed by atoms with Crippen molar-refractivity contribution in [3.05, 3.63) is 22.4 Å². The predicted molar refractivity (Wildman–Crippen MR) is 124 cm³/mol. The Morgan fingerprint density at radius 2 is 2.23 bits per heavy atom. The van der Waals surface area contributed by atoms with Crippen LogP contribution < -0.4 is 5.32 Å².